The maximum atomic E-state index is 11.9. The molecule has 0 aliphatic rings. The van der Waals surface area contributed by atoms with E-state index in [0.29, 0.717) is 13.2 Å². The number of sulfonamides is 1. The summed E-state index contributed by atoms with van der Waals surface area (Å²) in [4.78, 5) is 10.8. The molecule has 2 N–H and O–H groups in total. The summed E-state index contributed by atoms with van der Waals surface area (Å²) >= 11 is 0. The molecule has 0 unspecified atom stereocenters. The van der Waals surface area contributed by atoms with E-state index >= 15 is 0 Å². The van der Waals surface area contributed by atoms with Crippen LogP contribution in [0, 0.1) is 0 Å². The summed E-state index contributed by atoms with van der Waals surface area (Å²) < 4.78 is 31.2. The first-order valence-electron chi connectivity index (χ1n) is 6.29. The molecule has 0 atom stereocenters. The number of unbranched alkanes of at least 4 members (excludes halogenated alkanes) is 2. The highest BCUT2D eigenvalue weighted by Gasteiger charge is 2.13. The van der Waals surface area contributed by atoms with Crippen molar-refractivity contribution in [1.29, 1.82) is 0 Å². The molecule has 0 spiro atoms. The molecule has 0 bridgehead atoms. The van der Waals surface area contributed by atoms with Crippen LogP contribution >= 0.6 is 0 Å². The van der Waals surface area contributed by atoms with Gasteiger partial charge in [0.2, 0.25) is 10.0 Å². The van der Waals surface area contributed by atoms with Crippen LogP contribution in [0.1, 0.15) is 29.6 Å². The van der Waals surface area contributed by atoms with Crippen molar-refractivity contribution in [3.8, 4) is 0 Å². The number of benzene rings is 1. The number of carboxylic acids is 1. The van der Waals surface area contributed by atoms with Gasteiger partial charge < -0.3 is 9.84 Å². The molecule has 0 radical (unpaired) electrons. The second-order valence-electron chi connectivity index (χ2n) is 4.28. The largest absolute Gasteiger partial charge is 0.478 e. The minimum absolute atomic E-state index is 0.0588. The maximum absolute atomic E-state index is 11.9. The first-order chi connectivity index (χ1) is 9.47. The van der Waals surface area contributed by atoms with E-state index < -0.39 is 16.0 Å². The quantitative estimate of drug-likeness (QED) is 0.674. The minimum Gasteiger partial charge on any atom is -0.478 e. The lowest BCUT2D eigenvalue weighted by Crippen LogP contribution is -2.24. The fourth-order valence-electron chi connectivity index (χ4n) is 1.61. The van der Waals surface area contributed by atoms with E-state index in [9.17, 15) is 13.2 Å². The Labute approximate surface area is 118 Å². The Morgan fingerprint density at radius 3 is 2.40 bits per heavy atom. The average molecular weight is 301 g/mol. The predicted molar refractivity (Wildman–Crippen MR) is 74.3 cm³/mol. The van der Waals surface area contributed by atoms with E-state index in [1.165, 1.54) is 24.3 Å². The van der Waals surface area contributed by atoms with Crippen LogP contribution < -0.4 is 4.72 Å². The predicted octanol–water partition coefficient (Wildman–Crippen LogP) is 1.48. The van der Waals surface area contributed by atoms with E-state index in [4.69, 9.17) is 9.84 Å². The maximum Gasteiger partial charge on any atom is 0.335 e. The number of carboxylic acid groups (broad SMARTS) is 1. The van der Waals surface area contributed by atoms with Crippen molar-refractivity contribution < 1.29 is 23.1 Å². The second-order valence-corrected chi connectivity index (χ2v) is 6.05. The van der Waals surface area contributed by atoms with Gasteiger partial charge in [0.15, 0.2) is 0 Å². The molecular weight excluding hydrogens is 282 g/mol. The molecule has 0 amide bonds. The highest BCUT2D eigenvalue weighted by molar-refractivity contribution is 7.89. The first-order valence-corrected chi connectivity index (χ1v) is 7.77. The summed E-state index contributed by atoms with van der Waals surface area (Å²) in [5, 5.41) is 8.75. The van der Waals surface area contributed by atoms with Gasteiger partial charge in [-0.25, -0.2) is 17.9 Å². The Hall–Kier alpha value is -1.44. The van der Waals surface area contributed by atoms with Crippen molar-refractivity contribution in [2.24, 2.45) is 0 Å². The molecule has 0 aliphatic carbocycles. The normalized spacial score (nSPS) is 11.4. The van der Waals surface area contributed by atoms with Crippen molar-refractivity contribution in [3.05, 3.63) is 29.8 Å². The summed E-state index contributed by atoms with van der Waals surface area (Å²) in [5.41, 5.74) is 0.0588. The number of ether oxygens (including phenoxy) is 1. The molecule has 0 aromatic heterocycles. The number of carbonyl (C=O) groups is 1. The topological polar surface area (TPSA) is 92.7 Å². The molecule has 0 aliphatic heterocycles. The van der Waals surface area contributed by atoms with Crippen molar-refractivity contribution in [3.63, 3.8) is 0 Å². The smallest absolute Gasteiger partial charge is 0.335 e. The fourth-order valence-corrected chi connectivity index (χ4v) is 2.69. The van der Waals surface area contributed by atoms with Crippen molar-refractivity contribution >= 4 is 16.0 Å². The molecule has 1 aromatic carbocycles. The molecule has 112 valence electrons. The number of aromatic carboxylic acids is 1. The molecule has 1 rings (SSSR count). The van der Waals surface area contributed by atoms with Gasteiger partial charge in [0.25, 0.3) is 0 Å². The Balaban J connectivity index is 2.49. The Morgan fingerprint density at radius 2 is 1.85 bits per heavy atom. The number of methoxy groups -OCH3 is 1. The zero-order chi connectivity index (χ0) is 15.0. The molecule has 0 heterocycles. The molecule has 1 aromatic rings. The Kier molecular flexibility index (Phi) is 6.63. The third-order valence-electron chi connectivity index (χ3n) is 2.73. The molecule has 6 nitrogen and oxygen atoms in total. The van der Waals surface area contributed by atoms with E-state index in [0.717, 1.165) is 19.3 Å². The third-order valence-corrected chi connectivity index (χ3v) is 4.21. The van der Waals surface area contributed by atoms with E-state index in [1.807, 2.05) is 0 Å². The van der Waals surface area contributed by atoms with Gasteiger partial charge in [0.1, 0.15) is 0 Å². The van der Waals surface area contributed by atoms with Crippen LogP contribution in [-0.4, -0.2) is 39.8 Å². The van der Waals surface area contributed by atoms with E-state index in [1.54, 1.807) is 7.11 Å². The average Bonchev–Trinajstić information content (AvgIpc) is 2.43. The van der Waals surface area contributed by atoms with Crippen molar-refractivity contribution in [2.45, 2.75) is 24.2 Å². The summed E-state index contributed by atoms with van der Waals surface area (Å²) in [6, 6.07) is 5.12. The van der Waals surface area contributed by atoms with Gasteiger partial charge >= 0.3 is 5.97 Å². The molecule has 0 saturated carbocycles. The standard InChI is InChI=1S/C13H19NO5S/c1-19-10-4-2-3-9-14-20(17,18)12-7-5-11(6-8-12)13(15)16/h5-8,14H,2-4,9-10H2,1H3,(H,15,16). The highest BCUT2D eigenvalue weighted by atomic mass is 32.2. The molecule has 7 heteroatoms. The number of hydrogen-bond donors (Lipinski definition) is 2. The van der Waals surface area contributed by atoms with Gasteiger partial charge in [0.05, 0.1) is 10.5 Å². The van der Waals surface area contributed by atoms with Gasteiger partial charge in [-0.1, -0.05) is 0 Å². The third kappa shape index (κ3) is 5.28. The number of rotatable bonds is 9. The van der Waals surface area contributed by atoms with Crippen molar-refractivity contribution in [1.82, 2.24) is 4.72 Å². The van der Waals surface area contributed by atoms with Crippen LogP contribution in [-0.2, 0) is 14.8 Å². The molecular formula is C13H19NO5S. The Bertz CT molecular complexity index is 524. The lowest BCUT2D eigenvalue weighted by atomic mass is 10.2. The van der Waals surface area contributed by atoms with Crippen molar-refractivity contribution in [2.75, 3.05) is 20.3 Å². The Morgan fingerprint density at radius 1 is 1.20 bits per heavy atom. The van der Waals surface area contributed by atoms with Crippen LogP contribution in [0.4, 0.5) is 0 Å². The number of hydrogen-bond acceptors (Lipinski definition) is 4. The van der Waals surface area contributed by atoms with Gasteiger partial charge in [-0.3, -0.25) is 0 Å². The SMILES string of the molecule is COCCCCCNS(=O)(=O)c1ccc(C(=O)O)cc1. The minimum atomic E-state index is -3.57. The summed E-state index contributed by atoms with van der Waals surface area (Å²) in [6.45, 7) is 1.02. The summed E-state index contributed by atoms with van der Waals surface area (Å²) in [5.74, 6) is -1.08. The van der Waals surface area contributed by atoms with Gasteiger partial charge in [-0.2, -0.15) is 0 Å². The van der Waals surface area contributed by atoms with Gasteiger partial charge in [0, 0.05) is 20.3 Å². The van der Waals surface area contributed by atoms with E-state index in [-0.39, 0.29) is 10.5 Å². The zero-order valence-electron chi connectivity index (χ0n) is 11.3. The zero-order valence-corrected chi connectivity index (χ0v) is 12.1. The van der Waals surface area contributed by atoms with Crippen LogP contribution in [0.5, 0.6) is 0 Å². The van der Waals surface area contributed by atoms with Crippen LogP contribution in [0.3, 0.4) is 0 Å². The summed E-state index contributed by atoms with van der Waals surface area (Å²) in [7, 11) is -1.94. The number of nitrogens with one attached hydrogen (secondary N) is 1. The first kappa shape index (κ1) is 16.6. The molecule has 0 fully saturated rings. The van der Waals surface area contributed by atoms with Crippen LogP contribution in [0.25, 0.3) is 0 Å². The summed E-state index contributed by atoms with van der Waals surface area (Å²) in [6.07, 6.45) is 2.51. The lowest BCUT2D eigenvalue weighted by Gasteiger charge is -2.07. The van der Waals surface area contributed by atoms with Crippen LogP contribution in [0.2, 0.25) is 0 Å². The molecule has 20 heavy (non-hydrogen) atoms. The molecule has 0 saturated heterocycles. The van der Waals surface area contributed by atoms with Crippen LogP contribution in [0.15, 0.2) is 29.2 Å². The van der Waals surface area contributed by atoms with Gasteiger partial charge in [-0.05, 0) is 43.5 Å². The second kappa shape index (κ2) is 7.98. The highest BCUT2D eigenvalue weighted by Crippen LogP contribution is 2.10. The monoisotopic (exact) mass is 301 g/mol. The van der Waals surface area contributed by atoms with Gasteiger partial charge in [-0.15, -0.1) is 0 Å². The fraction of sp³-hybridized carbons (Fsp3) is 0.462. The van der Waals surface area contributed by atoms with E-state index in [2.05, 4.69) is 4.72 Å². The lowest BCUT2D eigenvalue weighted by molar-refractivity contribution is 0.0696.